The minimum absolute atomic E-state index is 0.156. The van der Waals surface area contributed by atoms with Crippen molar-refractivity contribution in [3.8, 4) is 0 Å². The second-order valence-electron chi connectivity index (χ2n) is 14.8. The summed E-state index contributed by atoms with van der Waals surface area (Å²) in [5.74, 6) is -0.977. The second-order valence-corrected chi connectivity index (χ2v) is 14.8. The van der Waals surface area contributed by atoms with E-state index in [1.54, 1.807) is 0 Å². The molecule has 0 saturated carbocycles. The molecule has 11 unspecified atom stereocenters. The summed E-state index contributed by atoms with van der Waals surface area (Å²) in [6.45, 7) is 2.26. The molecule has 0 amide bonds. The van der Waals surface area contributed by atoms with Crippen LogP contribution in [-0.4, -0.2) is 142 Å². The summed E-state index contributed by atoms with van der Waals surface area (Å²) in [5.41, 5.74) is 0. The maximum Gasteiger partial charge on any atom is 0.306 e. The van der Waals surface area contributed by atoms with Crippen LogP contribution in [0.3, 0.4) is 0 Å². The highest BCUT2D eigenvalue weighted by Crippen LogP contribution is 2.26. The Bertz CT molecular complexity index is 1090. The van der Waals surface area contributed by atoms with Crippen LogP contribution in [-0.2, 0) is 38.0 Å². The van der Waals surface area contributed by atoms with Gasteiger partial charge in [-0.25, -0.2) is 0 Å². The Balaban J connectivity index is 1.76. The first kappa shape index (κ1) is 50.1. The Kier molecular flexibility index (Phi) is 26.9. The molecule has 0 aliphatic carbocycles. The molecule has 326 valence electrons. The third kappa shape index (κ3) is 19.6. The van der Waals surface area contributed by atoms with Crippen LogP contribution in [0.15, 0.2) is 24.3 Å². The van der Waals surface area contributed by atoms with E-state index in [1.165, 1.54) is 38.5 Å². The molecule has 2 fully saturated rings. The van der Waals surface area contributed by atoms with Crippen LogP contribution < -0.4 is 0 Å². The zero-order valence-corrected chi connectivity index (χ0v) is 33.6. The van der Waals surface area contributed by atoms with Gasteiger partial charge in [0.15, 0.2) is 18.7 Å². The standard InChI is InChI=1S/C41H72O15/c1-3-5-7-8-9-10-11-12-13-14-15-16-17-18-19-20-21-22-24-33(44)54-29(26-51-32(43)23-6-4-2)27-52-40-39(50)37(48)35(46)31(56-40)28-53-41-38(49)36(47)34(45)30(25-42)55-41/h10-11,13-14,29-31,34-42,45-50H,3-9,12,15-28H2,1-2H3/b11-10-,14-13-. The summed E-state index contributed by atoms with van der Waals surface area (Å²) in [6, 6.07) is 0. The van der Waals surface area contributed by atoms with Gasteiger partial charge in [0.25, 0.3) is 0 Å². The Hall–Kier alpha value is -2.02. The summed E-state index contributed by atoms with van der Waals surface area (Å²) in [7, 11) is 0. The number of unbranched alkanes of at least 4 members (excludes halogenated alkanes) is 12. The lowest BCUT2D eigenvalue weighted by molar-refractivity contribution is -0.332. The highest BCUT2D eigenvalue weighted by atomic mass is 16.7. The normalized spacial score (nSPS) is 28.9. The van der Waals surface area contributed by atoms with E-state index >= 15 is 0 Å². The van der Waals surface area contributed by atoms with Gasteiger partial charge >= 0.3 is 11.9 Å². The van der Waals surface area contributed by atoms with Gasteiger partial charge in [-0.1, -0.05) is 95.9 Å². The first-order chi connectivity index (χ1) is 27.0. The van der Waals surface area contributed by atoms with Gasteiger partial charge in [0, 0.05) is 12.8 Å². The van der Waals surface area contributed by atoms with Gasteiger partial charge < -0.3 is 64.2 Å². The smallest absolute Gasteiger partial charge is 0.306 e. The monoisotopic (exact) mass is 804 g/mol. The van der Waals surface area contributed by atoms with Gasteiger partial charge in [-0.2, -0.15) is 0 Å². The molecule has 0 aromatic heterocycles. The molecule has 11 atom stereocenters. The van der Waals surface area contributed by atoms with E-state index in [4.69, 9.17) is 28.4 Å². The van der Waals surface area contributed by atoms with Crippen LogP contribution in [0.25, 0.3) is 0 Å². The lowest BCUT2D eigenvalue weighted by Crippen LogP contribution is -2.61. The number of rotatable bonds is 30. The number of esters is 2. The summed E-state index contributed by atoms with van der Waals surface area (Å²) < 4.78 is 33.0. The molecule has 0 aromatic carbocycles. The highest BCUT2D eigenvalue weighted by molar-refractivity contribution is 5.70. The molecular weight excluding hydrogens is 732 g/mol. The molecule has 2 heterocycles. The number of hydrogen-bond donors (Lipinski definition) is 7. The molecule has 2 rings (SSSR count). The van der Waals surface area contributed by atoms with Crippen LogP contribution in [0.2, 0.25) is 0 Å². The maximum absolute atomic E-state index is 12.8. The average molecular weight is 805 g/mol. The van der Waals surface area contributed by atoms with E-state index in [-0.39, 0.29) is 26.1 Å². The molecule has 2 aliphatic heterocycles. The van der Waals surface area contributed by atoms with E-state index in [2.05, 4.69) is 31.2 Å². The van der Waals surface area contributed by atoms with Crippen molar-refractivity contribution >= 4 is 11.9 Å². The third-order valence-corrected chi connectivity index (χ3v) is 9.93. The molecule has 0 spiro atoms. The summed E-state index contributed by atoms with van der Waals surface area (Å²) in [6.07, 6.45) is 9.40. The predicted molar refractivity (Wildman–Crippen MR) is 206 cm³/mol. The van der Waals surface area contributed by atoms with Crippen molar-refractivity contribution in [2.45, 2.75) is 197 Å². The van der Waals surface area contributed by atoms with Crippen LogP contribution in [0.5, 0.6) is 0 Å². The van der Waals surface area contributed by atoms with E-state index in [0.29, 0.717) is 12.8 Å². The van der Waals surface area contributed by atoms with Gasteiger partial charge in [0.05, 0.1) is 19.8 Å². The van der Waals surface area contributed by atoms with Crippen LogP contribution in [0, 0.1) is 0 Å². The molecule has 15 nitrogen and oxygen atoms in total. The summed E-state index contributed by atoms with van der Waals surface area (Å²) in [5, 5.41) is 71.3. The number of carbonyl (C=O) groups excluding carboxylic acids is 2. The number of allylic oxidation sites excluding steroid dienone is 4. The van der Waals surface area contributed by atoms with Crippen LogP contribution in [0.1, 0.15) is 129 Å². The van der Waals surface area contributed by atoms with Crippen molar-refractivity contribution < 1.29 is 73.8 Å². The number of carbonyl (C=O) groups is 2. The van der Waals surface area contributed by atoms with Crippen molar-refractivity contribution in [2.75, 3.05) is 26.4 Å². The molecule has 0 bridgehead atoms. The quantitative estimate of drug-likeness (QED) is 0.0314. The van der Waals surface area contributed by atoms with E-state index in [1.807, 2.05) is 6.92 Å². The van der Waals surface area contributed by atoms with Crippen LogP contribution >= 0.6 is 0 Å². The number of ether oxygens (including phenoxy) is 6. The Morgan fingerprint density at radius 2 is 1.09 bits per heavy atom. The van der Waals surface area contributed by atoms with Gasteiger partial charge in [-0.3, -0.25) is 9.59 Å². The minimum atomic E-state index is -1.76. The van der Waals surface area contributed by atoms with Gasteiger partial charge in [-0.15, -0.1) is 0 Å². The largest absolute Gasteiger partial charge is 0.462 e. The number of aliphatic hydroxyl groups excluding tert-OH is 7. The van der Waals surface area contributed by atoms with Gasteiger partial charge in [0.1, 0.15) is 55.4 Å². The van der Waals surface area contributed by atoms with E-state index in [9.17, 15) is 45.3 Å². The Morgan fingerprint density at radius 3 is 1.70 bits per heavy atom. The molecular formula is C41H72O15. The van der Waals surface area contributed by atoms with Crippen molar-refractivity contribution in [3.63, 3.8) is 0 Å². The van der Waals surface area contributed by atoms with Gasteiger partial charge in [0.2, 0.25) is 0 Å². The Morgan fingerprint density at radius 1 is 0.571 bits per heavy atom. The third-order valence-electron chi connectivity index (χ3n) is 9.93. The molecule has 15 heteroatoms. The number of hydrogen-bond acceptors (Lipinski definition) is 15. The fraction of sp³-hybridized carbons (Fsp3) is 0.854. The van der Waals surface area contributed by atoms with Crippen molar-refractivity contribution in [3.05, 3.63) is 24.3 Å². The molecule has 0 radical (unpaired) electrons. The highest BCUT2D eigenvalue weighted by Gasteiger charge is 2.47. The molecule has 2 saturated heterocycles. The lowest BCUT2D eigenvalue weighted by Gasteiger charge is -2.42. The maximum atomic E-state index is 12.8. The van der Waals surface area contributed by atoms with Crippen molar-refractivity contribution in [1.29, 1.82) is 0 Å². The van der Waals surface area contributed by atoms with Gasteiger partial charge in [-0.05, 0) is 44.9 Å². The fourth-order valence-corrected chi connectivity index (χ4v) is 6.34. The van der Waals surface area contributed by atoms with Crippen LogP contribution in [0.4, 0.5) is 0 Å². The average Bonchev–Trinajstić information content (AvgIpc) is 3.19. The second kappa shape index (κ2) is 30.1. The lowest BCUT2D eigenvalue weighted by atomic mass is 9.98. The SMILES string of the molecule is CCCCCC/C=C\C/C=C\CCCCCCCCCC(=O)OC(COC(=O)CCCC)COC1OC(COC2OC(CO)C(O)C(O)C2O)C(O)C(O)C1O. The zero-order valence-electron chi connectivity index (χ0n) is 33.6. The zero-order chi connectivity index (χ0) is 41.1. The molecule has 2 aliphatic rings. The summed E-state index contributed by atoms with van der Waals surface area (Å²) in [4.78, 5) is 25.0. The van der Waals surface area contributed by atoms with Crippen molar-refractivity contribution in [2.24, 2.45) is 0 Å². The van der Waals surface area contributed by atoms with E-state index < -0.39 is 92.7 Å². The van der Waals surface area contributed by atoms with Crippen molar-refractivity contribution in [1.82, 2.24) is 0 Å². The van der Waals surface area contributed by atoms with E-state index in [0.717, 1.165) is 51.4 Å². The number of aliphatic hydroxyl groups is 7. The first-order valence-electron chi connectivity index (χ1n) is 20.9. The molecule has 56 heavy (non-hydrogen) atoms. The predicted octanol–water partition coefficient (Wildman–Crippen LogP) is 3.26. The first-order valence-corrected chi connectivity index (χ1v) is 20.9. The molecule has 0 aromatic rings. The fourth-order valence-electron chi connectivity index (χ4n) is 6.34. The Labute approximate surface area is 333 Å². The minimum Gasteiger partial charge on any atom is -0.462 e. The topological polar surface area (TPSA) is 231 Å². The molecule has 7 N–H and O–H groups in total. The summed E-state index contributed by atoms with van der Waals surface area (Å²) >= 11 is 0.